The van der Waals surface area contributed by atoms with Crippen LogP contribution in [-0.2, 0) is 0 Å². The third kappa shape index (κ3) is 3.53. The van der Waals surface area contributed by atoms with E-state index in [1.807, 2.05) is 0 Å². The quantitative estimate of drug-likeness (QED) is 0.498. The Morgan fingerprint density at radius 2 is 2.06 bits per heavy atom. The lowest BCUT2D eigenvalue weighted by molar-refractivity contribution is -0.383. The Bertz CT molecular complexity index is 436. The fourth-order valence-electron chi connectivity index (χ4n) is 2.07. The molecule has 1 aromatic carbocycles. The predicted molar refractivity (Wildman–Crippen MR) is 76.2 cm³/mol. The highest BCUT2D eigenvalue weighted by Crippen LogP contribution is 2.33. The molecule has 98 valence electrons. The molecule has 0 unspecified atom stereocenters. The Kier molecular flexibility index (Phi) is 4.72. The smallest absolute Gasteiger partial charge is 0.294 e. The van der Waals surface area contributed by atoms with Crippen molar-refractivity contribution in [1.82, 2.24) is 0 Å². The van der Waals surface area contributed by atoms with Crippen LogP contribution in [0.4, 0.5) is 11.4 Å². The van der Waals surface area contributed by atoms with E-state index >= 15 is 0 Å². The summed E-state index contributed by atoms with van der Waals surface area (Å²) in [5, 5.41) is 11.9. The van der Waals surface area contributed by atoms with Gasteiger partial charge in [0.1, 0.15) is 5.69 Å². The average molecular weight is 287 g/mol. The number of benzene rings is 1. The first-order valence-corrected chi connectivity index (χ1v) is 7.28. The standard InChI is InChI=1S/C12H15ClN2O2S/c13-9-6-7-11(12(8-9)15(16)17)14-18-10-4-2-1-3-5-10/h6-8,10,14H,1-5H2. The van der Waals surface area contributed by atoms with Crippen LogP contribution in [0, 0.1) is 10.1 Å². The Morgan fingerprint density at radius 1 is 1.33 bits per heavy atom. The van der Waals surface area contributed by atoms with Gasteiger partial charge in [0.15, 0.2) is 0 Å². The summed E-state index contributed by atoms with van der Waals surface area (Å²) < 4.78 is 3.11. The van der Waals surface area contributed by atoms with Gasteiger partial charge in [-0.15, -0.1) is 0 Å². The molecule has 4 nitrogen and oxygen atoms in total. The van der Waals surface area contributed by atoms with E-state index in [0.717, 1.165) is 0 Å². The van der Waals surface area contributed by atoms with Gasteiger partial charge in [-0.1, -0.05) is 30.9 Å². The lowest BCUT2D eigenvalue weighted by Gasteiger charge is -2.21. The van der Waals surface area contributed by atoms with Crippen LogP contribution < -0.4 is 4.72 Å². The first-order valence-electron chi connectivity index (χ1n) is 6.02. The van der Waals surface area contributed by atoms with Crippen LogP contribution in [0.3, 0.4) is 0 Å². The summed E-state index contributed by atoms with van der Waals surface area (Å²) in [4.78, 5) is 10.5. The number of nitro groups is 1. The van der Waals surface area contributed by atoms with Crippen molar-refractivity contribution in [1.29, 1.82) is 0 Å². The van der Waals surface area contributed by atoms with Crippen LogP contribution in [0.15, 0.2) is 18.2 Å². The second kappa shape index (κ2) is 6.29. The molecule has 18 heavy (non-hydrogen) atoms. The van der Waals surface area contributed by atoms with Crippen molar-refractivity contribution in [2.75, 3.05) is 4.72 Å². The Labute approximate surface area is 115 Å². The number of nitrogens with zero attached hydrogens (tertiary/aromatic N) is 1. The number of halogens is 1. The van der Waals surface area contributed by atoms with Crippen LogP contribution in [0.5, 0.6) is 0 Å². The molecule has 0 atom stereocenters. The van der Waals surface area contributed by atoms with Crippen molar-refractivity contribution in [2.24, 2.45) is 0 Å². The van der Waals surface area contributed by atoms with Crippen molar-refractivity contribution in [2.45, 2.75) is 37.4 Å². The maximum Gasteiger partial charge on any atom is 0.294 e. The molecule has 0 heterocycles. The molecule has 1 aromatic rings. The van der Waals surface area contributed by atoms with Gasteiger partial charge >= 0.3 is 0 Å². The molecule has 1 fully saturated rings. The highest BCUT2D eigenvalue weighted by atomic mass is 35.5. The highest BCUT2D eigenvalue weighted by Gasteiger charge is 2.18. The van der Waals surface area contributed by atoms with Crippen molar-refractivity contribution in [3.63, 3.8) is 0 Å². The zero-order chi connectivity index (χ0) is 13.0. The molecule has 2 rings (SSSR count). The van der Waals surface area contributed by atoms with Crippen LogP contribution in [-0.4, -0.2) is 10.2 Å². The van der Waals surface area contributed by atoms with Gasteiger partial charge < -0.3 is 4.72 Å². The normalized spacial score (nSPS) is 16.5. The molecule has 0 aliphatic heterocycles. The first-order chi connectivity index (χ1) is 8.66. The van der Waals surface area contributed by atoms with E-state index in [2.05, 4.69) is 4.72 Å². The Balaban J connectivity index is 2.01. The average Bonchev–Trinajstić information content (AvgIpc) is 2.38. The Morgan fingerprint density at radius 3 is 2.72 bits per heavy atom. The minimum absolute atomic E-state index is 0.0332. The van der Waals surface area contributed by atoms with Crippen molar-refractivity contribution >= 4 is 34.9 Å². The highest BCUT2D eigenvalue weighted by molar-refractivity contribution is 8.01. The van der Waals surface area contributed by atoms with E-state index in [1.54, 1.807) is 24.1 Å². The number of rotatable bonds is 4. The molecule has 0 amide bonds. The Hall–Kier alpha value is -0.940. The monoisotopic (exact) mass is 286 g/mol. The van der Waals surface area contributed by atoms with Gasteiger partial charge in [0.2, 0.25) is 0 Å². The summed E-state index contributed by atoms with van der Waals surface area (Å²) in [5.41, 5.74) is 0.561. The molecule has 6 heteroatoms. The van der Waals surface area contributed by atoms with E-state index < -0.39 is 4.92 Å². The summed E-state index contributed by atoms with van der Waals surface area (Å²) in [6.45, 7) is 0. The summed E-state index contributed by atoms with van der Waals surface area (Å²) >= 11 is 7.36. The number of anilines is 1. The maximum absolute atomic E-state index is 10.9. The van der Waals surface area contributed by atoms with Crippen LogP contribution in [0.1, 0.15) is 32.1 Å². The fraction of sp³-hybridized carbons (Fsp3) is 0.500. The lowest BCUT2D eigenvalue weighted by Crippen LogP contribution is -2.10. The first kappa shape index (κ1) is 13.5. The van der Waals surface area contributed by atoms with Gasteiger partial charge in [-0.3, -0.25) is 10.1 Å². The number of nitrogens with one attached hydrogen (secondary N) is 1. The summed E-state index contributed by atoms with van der Waals surface area (Å²) in [5.74, 6) is 0. The minimum atomic E-state index is -0.407. The van der Waals surface area contributed by atoms with Crippen molar-refractivity contribution < 1.29 is 4.92 Å². The van der Waals surface area contributed by atoms with Crippen molar-refractivity contribution in [3.8, 4) is 0 Å². The molecule has 0 aromatic heterocycles. The zero-order valence-corrected chi connectivity index (χ0v) is 11.5. The number of nitro benzene ring substituents is 1. The van der Waals surface area contributed by atoms with Crippen LogP contribution in [0.25, 0.3) is 0 Å². The van der Waals surface area contributed by atoms with Gasteiger partial charge in [-0.2, -0.15) is 0 Å². The van der Waals surface area contributed by atoms with E-state index in [0.29, 0.717) is 16.0 Å². The molecule has 1 N–H and O–H groups in total. The second-order valence-corrected chi connectivity index (χ2v) is 5.94. The van der Waals surface area contributed by atoms with E-state index in [4.69, 9.17) is 11.6 Å². The molecule has 0 saturated heterocycles. The third-order valence-corrected chi connectivity index (χ3v) is 4.42. The molecule has 0 bridgehead atoms. The minimum Gasteiger partial charge on any atom is -0.324 e. The van der Waals surface area contributed by atoms with Crippen LogP contribution >= 0.6 is 23.5 Å². The number of hydrogen-bond donors (Lipinski definition) is 1. The lowest BCUT2D eigenvalue weighted by atomic mass is 10.0. The van der Waals surface area contributed by atoms with Gasteiger partial charge in [0.25, 0.3) is 5.69 Å². The van der Waals surface area contributed by atoms with Gasteiger partial charge in [-0.05, 0) is 36.9 Å². The molecular formula is C12H15ClN2O2S. The third-order valence-electron chi connectivity index (χ3n) is 3.04. The maximum atomic E-state index is 10.9. The summed E-state index contributed by atoms with van der Waals surface area (Å²) in [6, 6.07) is 4.71. The zero-order valence-electron chi connectivity index (χ0n) is 9.89. The second-order valence-electron chi connectivity index (χ2n) is 4.40. The molecule has 1 aliphatic carbocycles. The molecule has 0 radical (unpaired) electrons. The fourth-order valence-corrected chi connectivity index (χ4v) is 3.27. The van der Waals surface area contributed by atoms with Gasteiger partial charge in [-0.25, -0.2) is 0 Å². The molecule has 0 spiro atoms. The molecular weight excluding hydrogens is 272 g/mol. The van der Waals surface area contributed by atoms with Crippen LogP contribution in [0.2, 0.25) is 5.02 Å². The molecule has 1 aliphatic rings. The van der Waals surface area contributed by atoms with Gasteiger partial charge in [0.05, 0.1) is 4.92 Å². The topological polar surface area (TPSA) is 55.2 Å². The van der Waals surface area contributed by atoms with Gasteiger partial charge in [0, 0.05) is 16.3 Å². The SMILES string of the molecule is O=[N+]([O-])c1cc(Cl)ccc1NSC1CCCCC1. The van der Waals surface area contributed by atoms with E-state index in [9.17, 15) is 10.1 Å². The van der Waals surface area contributed by atoms with E-state index in [-0.39, 0.29) is 5.69 Å². The summed E-state index contributed by atoms with van der Waals surface area (Å²) in [6.07, 6.45) is 6.17. The van der Waals surface area contributed by atoms with E-state index in [1.165, 1.54) is 38.2 Å². The molecule has 1 saturated carbocycles. The summed E-state index contributed by atoms with van der Waals surface area (Å²) in [7, 11) is 0. The largest absolute Gasteiger partial charge is 0.324 e. The number of hydrogen-bond acceptors (Lipinski definition) is 4. The predicted octanol–water partition coefficient (Wildman–Crippen LogP) is 4.64. The van der Waals surface area contributed by atoms with Crippen molar-refractivity contribution in [3.05, 3.63) is 33.3 Å².